The van der Waals surface area contributed by atoms with Gasteiger partial charge in [0.25, 0.3) is 5.91 Å². The number of nitriles is 1. The molecule has 0 aliphatic carbocycles. The van der Waals surface area contributed by atoms with Crippen molar-refractivity contribution in [2.24, 2.45) is 0 Å². The molecule has 1 aromatic heterocycles. The Bertz CT molecular complexity index is 779. The van der Waals surface area contributed by atoms with Crippen LogP contribution in [0.5, 0.6) is 0 Å². The molecule has 3 rings (SSSR count). The Morgan fingerprint density at radius 3 is 2.62 bits per heavy atom. The molecule has 1 amide bonds. The minimum Gasteiger partial charge on any atom is -0.355 e. The molecule has 0 saturated carbocycles. The third-order valence-corrected chi connectivity index (χ3v) is 4.15. The number of halogens is 1. The average molecular weight is 342 g/mol. The smallest absolute Gasteiger partial charge is 0.276 e. The number of amides is 1. The maximum absolute atomic E-state index is 12.3. The summed E-state index contributed by atoms with van der Waals surface area (Å²) in [6.07, 6.45) is 3.54. The van der Waals surface area contributed by atoms with E-state index in [-0.39, 0.29) is 5.69 Å². The van der Waals surface area contributed by atoms with Crippen molar-refractivity contribution in [3.8, 4) is 6.07 Å². The first kappa shape index (κ1) is 16.2. The molecule has 2 aromatic rings. The molecular formula is C17H16ClN5O. The zero-order valence-electron chi connectivity index (χ0n) is 13.0. The number of hydrogen-bond donors (Lipinski definition) is 1. The van der Waals surface area contributed by atoms with Gasteiger partial charge in [0.15, 0.2) is 11.5 Å². The highest BCUT2D eigenvalue weighted by atomic mass is 35.5. The predicted octanol–water partition coefficient (Wildman–Crippen LogP) is 3.24. The number of nitrogens with zero attached hydrogens (tertiary/aromatic N) is 4. The van der Waals surface area contributed by atoms with Gasteiger partial charge in [-0.2, -0.15) is 5.26 Å². The molecule has 0 radical (unpaired) electrons. The van der Waals surface area contributed by atoms with Crippen LogP contribution < -0.4 is 10.2 Å². The number of carbonyl (C=O) groups is 1. The summed E-state index contributed by atoms with van der Waals surface area (Å²) >= 11 is 5.92. The Balaban J connectivity index is 1.74. The number of carbonyl (C=O) groups excluding carboxylic acids is 1. The third kappa shape index (κ3) is 3.63. The van der Waals surface area contributed by atoms with Crippen LogP contribution in [-0.2, 0) is 0 Å². The van der Waals surface area contributed by atoms with Crippen molar-refractivity contribution < 1.29 is 4.79 Å². The van der Waals surface area contributed by atoms with Crippen LogP contribution in [0.25, 0.3) is 0 Å². The van der Waals surface area contributed by atoms with Gasteiger partial charge in [0.1, 0.15) is 6.07 Å². The highest BCUT2D eigenvalue weighted by molar-refractivity contribution is 6.31. The lowest BCUT2D eigenvalue weighted by Gasteiger charge is -2.27. The maximum atomic E-state index is 12.3. The van der Waals surface area contributed by atoms with Gasteiger partial charge in [-0.25, -0.2) is 0 Å². The van der Waals surface area contributed by atoms with Gasteiger partial charge < -0.3 is 10.2 Å². The van der Waals surface area contributed by atoms with Gasteiger partial charge in [-0.1, -0.05) is 11.6 Å². The number of rotatable bonds is 3. The van der Waals surface area contributed by atoms with E-state index in [1.54, 1.807) is 24.3 Å². The molecule has 0 spiro atoms. The monoisotopic (exact) mass is 341 g/mol. The van der Waals surface area contributed by atoms with Crippen LogP contribution in [0.1, 0.15) is 35.3 Å². The third-order valence-electron chi connectivity index (χ3n) is 3.91. The second-order valence-electron chi connectivity index (χ2n) is 5.58. The number of aromatic nitrogens is 2. The molecule has 24 heavy (non-hydrogen) atoms. The summed E-state index contributed by atoms with van der Waals surface area (Å²) in [5.41, 5.74) is 0.891. The molecule has 1 aliphatic rings. The topological polar surface area (TPSA) is 81.9 Å². The normalized spacial score (nSPS) is 14.1. The van der Waals surface area contributed by atoms with E-state index in [1.807, 2.05) is 6.07 Å². The fourth-order valence-corrected chi connectivity index (χ4v) is 2.81. The Kier molecular flexibility index (Phi) is 4.92. The van der Waals surface area contributed by atoms with Gasteiger partial charge in [-0.3, -0.25) is 4.79 Å². The molecule has 1 aliphatic heterocycles. The van der Waals surface area contributed by atoms with Crippen LogP contribution in [0.4, 0.5) is 11.5 Å². The van der Waals surface area contributed by atoms with Crippen LogP contribution >= 0.6 is 11.6 Å². The van der Waals surface area contributed by atoms with Gasteiger partial charge in [0.2, 0.25) is 0 Å². The van der Waals surface area contributed by atoms with Crippen molar-refractivity contribution in [1.29, 1.82) is 5.26 Å². The van der Waals surface area contributed by atoms with Crippen molar-refractivity contribution in [2.45, 2.75) is 19.3 Å². The molecule has 122 valence electrons. The van der Waals surface area contributed by atoms with E-state index >= 15 is 0 Å². The van der Waals surface area contributed by atoms with E-state index in [1.165, 1.54) is 12.5 Å². The summed E-state index contributed by atoms with van der Waals surface area (Å²) in [5.74, 6) is 0.359. The Morgan fingerprint density at radius 1 is 1.17 bits per heavy atom. The molecule has 7 heteroatoms. The number of hydrogen-bond acceptors (Lipinski definition) is 5. The van der Waals surface area contributed by atoms with Crippen molar-refractivity contribution in [3.05, 3.63) is 46.6 Å². The van der Waals surface area contributed by atoms with Crippen molar-refractivity contribution in [1.82, 2.24) is 10.2 Å². The zero-order valence-corrected chi connectivity index (χ0v) is 13.8. The minimum absolute atomic E-state index is 0.194. The van der Waals surface area contributed by atoms with Crippen molar-refractivity contribution in [2.75, 3.05) is 23.3 Å². The number of piperidine rings is 1. The summed E-state index contributed by atoms with van der Waals surface area (Å²) in [5, 5.41) is 20.3. The van der Waals surface area contributed by atoms with Crippen LogP contribution in [0.3, 0.4) is 0 Å². The second kappa shape index (κ2) is 7.28. The Morgan fingerprint density at radius 2 is 1.96 bits per heavy atom. The Hall–Kier alpha value is -2.65. The van der Waals surface area contributed by atoms with Crippen LogP contribution in [0.15, 0.2) is 30.3 Å². The quantitative estimate of drug-likeness (QED) is 0.926. The van der Waals surface area contributed by atoms with E-state index < -0.39 is 5.91 Å². The van der Waals surface area contributed by atoms with E-state index in [0.717, 1.165) is 31.7 Å². The van der Waals surface area contributed by atoms with Crippen molar-refractivity contribution in [3.63, 3.8) is 0 Å². The first-order valence-electron chi connectivity index (χ1n) is 7.77. The maximum Gasteiger partial charge on any atom is 0.276 e. The van der Waals surface area contributed by atoms with Gasteiger partial charge >= 0.3 is 0 Å². The average Bonchev–Trinajstić information content (AvgIpc) is 2.63. The fraction of sp³-hybridized carbons (Fsp3) is 0.294. The fourth-order valence-electron chi connectivity index (χ4n) is 2.64. The highest BCUT2D eigenvalue weighted by Gasteiger charge is 2.15. The van der Waals surface area contributed by atoms with Gasteiger partial charge in [0.05, 0.1) is 11.3 Å². The molecule has 1 saturated heterocycles. The van der Waals surface area contributed by atoms with Gasteiger partial charge in [-0.05, 0) is 49.6 Å². The lowest BCUT2D eigenvalue weighted by atomic mass is 10.1. The minimum atomic E-state index is -0.425. The first-order chi connectivity index (χ1) is 11.7. The predicted molar refractivity (Wildman–Crippen MR) is 92.2 cm³/mol. The second-order valence-corrected chi connectivity index (χ2v) is 6.02. The molecule has 6 nitrogen and oxygen atoms in total. The lowest BCUT2D eigenvalue weighted by Crippen LogP contribution is -2.30. The zero-order chi connectivity index (χ0) is 16.9. The molecule has 1 N–H and O–H groups in total. The number of nitrogens with one attached hydrogen (secondary N) is 1. The molecule has 0 unspecified atom stereocenters. The standard InChI is InChI=1S/C17H16ClN5O/c18-13-5-4-12(11-19)15(10-13)20-17(24)14-6-7-16(22-21-14)23-8-2-1-3-9-23/h4-7,10H,1-3,8-9H2,(H,20,24). The van der Waals surface area contributed by atoms with E-state index in [4.69, 9.17) is 16.9 Å². The summed E-state index contributed by atoms with van der Waals surface area (Å²) in [4.78, 5) is 14.5. The molecule has 1 fully saturated rings. The lowest BCUT2D eigenvalue weighted by molar-refractivity contribution is 0.102. The number of anilines is 2. The largest absolute Gasteiger partial charge is 0.355 e. The summed E-state index contributed by atoms with van der Waals surface area (Å²) < 4.78 is 0. The molecular weight excluding hydrogens is 326 g/mol. The molecule has 1 aromatic carbocycles. The molecule has 0 bridgehead atoms. The summed E-state index contributed by atoms with van der Waals surface area (Å²) in [7, 11) is 0. The molecule has 0 atom stereocenters. The van der Waals surface area contributed by atoms with Crippen LogP contribution in [-0.4, -0.2) is 29.2 Å². The van der Waals surface area contributed by atoms with E-state index in [2.05, 4.69) is 20.4 Å². The van der Waals surface area contributed by atoms with Crippen molar-refractivity contribution >= 4 is 29.0 Å². The number of benzene rings is 1. The first-order valence-corrected chi connectivity index (χ1v) is 8.15. The Labute approximate surface area is 145 Å². The van der Waals surface area contributed by atoms with Gasteiger partial charge in [0, 0.05) is 18.1 Å². The van der Waals surface area contributed by atoms with E-state index in [0.29, 0.717) is 16.3 Å². The van der Waals surface area contributed by atoms with E-state index in [9.17, 15) is 4.79 Å². The summed E-state index contributed by atoms with van der Waals surface area (Å²) in [6, 6.07) is 10.2. The summed E-state index contributed by atoms with van der Waals surface area (Å²) in [6.45, 7) is 1.93. The SMILES string of the molecule is N#Cc1ccc(Cl)cc1NC(=O)c1ccc(N2CCCCC2)nn1. The molecule has 2 heterocycles. The van der Waals surface area contributed by atoms with Crippen LogP contribution in [0.2, 0.25) is 5.02 Å². The van der Waals surface area contributed by atoms with Crippen LogP contribution in [0, 0.1) is 11.3 Å². The van der Waals surface area contributed by atoms with Gasteiger partial charge in [-0.15, -0.1) is 10.2 Å². The highest BCUT2D eigenvalue weighted by Crippen LogP contribution is 2.21.